The fourth-order valence-electron chi connectivity index (χ4n) is 2.10. The van der Waals surface area contributed by atoms with Gasteiger partial charge in [-0.1, -0.05) is 13.0 Å². The van der Waals surface area contributed by atoms with Crippen molar-refractivity contribution in [2.75, 3.05) is 0 Å². The third-order valence-electron chi connectivity index (χ3n) is 2.59. The van der Waals surface area contributed by atoms with Crippen LogP contribution in [-0.4, -0.2) is 5.11 Å². The quantitative estimate of drug-likeness (QED) is 0.721. The zero-order valence-electron chi connectivity index (χ0n) is 9.17. The van der Waals surface area contributed by atoms with E-state index in [4.69, 9.17) is 0 Å². The van der Waals surface area contributed by atoms with Gasteiger partial charge in [0.05, 0.1) is 0 Å². The van der Waals surface area contributed by atoms with E-state index in [1.807, 2.05) is 32.1 Å². The number of hydrogen-bond donors (Lipinski definition) is 1. The van der Waals surface area contributed by atoms with Crippen LogP contribution in [0.2, 0.25) is 0 Å². The molecule has 0 aliphatic rings. The molecule has 0 amide bonds. The molecule has 0 heterocycles. The van der Waals surface area contributed by atoms with E-state index in [9.17, 15) is 5.11 Å². The van der Waals surface area contributed by atoms with Gasteiger partial charge < -0.3 is 5.11 Å². The lowest BCUT2D eigenvalue weighted by Crippen LogP contribution is -1.98. The first-order valence-corrected chi connectivity index (χ1v) is 4.97. The minimum atomic E-state index is 0.356. The second kappa shape index (κ2) is 4.32. The van der Waals surface area contributed by atoms with Crippen molar-refractivity contribution in [3.8, 4) is 5.75 Å². The molecule has 0 aliphatic carbocycles. The van der Waals surface area contributed by atoms with Crippen molar-refractivity contribution in [2.45, 2.75) is 33.1 Å². The van der Waals surface area contributed by atoms with Crippen LogP contribution in [-0.2, 0) is 0 Å². The lowest BCUT2D eigenvalue weighted by molar-refractivity contribution is 0.474. The van der Waals surface area contributed by atoms with Crippen LogP contribution in [0, 0.1) is 13.8 Å². The average molecular weight is 190 g/mol. The number of aromatic hydroxyl groups is 1. The Labute approximate surface area is 86.1 Å². The number of phenolic OH excluding ortho intramolecular Hbond substituents is 1. The maximum Gasteiger partial charge on any atom is 0.116 e. The van der Waals surface area contributed by atoms with Crippen LogP contribution in [0.15, 0.2) is 24.8 Å². The van der Waals surface area contributed by atoms with Crippen LogP contribution in [0.1, 0.15) is 36.0 Å². The van der Waals surface area contributed by atoms with E-state index in [0.717, 1.165) is 17.5 Å². The van der Waals surface area contributed by atoms with Gasteiger partial charge in [-0.25, -0.2) is 0 Å². The number of phenols is 1. The summed E-state index contributed by atoms with van der Waals surface area (Å²) in [5, 5.41) is 9.41. The summed E-state index contributed by atoms with van der Waals surface area (Å²) in [6.07, 6.45) is 2.92. The number of aryl methyl sites for hydroxylation is 2. The van der Waals surface area contributed by atoms with Crippen LogP contribution in [0.4, 0.5) is 0 Å². The van der Waals surface area contributed by atoms with Crippen molar-refractivity contribution in [1.82, 2.24) is 0 Å². The van der Waals surface area contributed by atoms with Crippen molar-refractivity contribution in [1.29, 1.82) is 0 Å². The van der Waals surface area contributed by atoms with Gasteiger partial charge in [-0.2, -0.15) is 0 Å². The first-order valence-electron chi connectivity index (χ1n) is 4.97. The Kier molecular flexibility index (Phi) is 3.34. The predicted molar refractivity (Wildman–Crippen MR) is 60.8 cm³/mol. The molecule has 1 aromatic rings. The average Bonchev–Trinajstić information content (AvgIpc) is 2.01. The van der Waals surface area contributed by atoms with E-state index in [-0.39, 0.29) is 0 Å². The lowest BCUT2D eigenvalue weighted by atomic mass is 9.90. The minimum absolute atomic E-state index is 0.356. The van der Waals surface area contributed by atoms with Gasteiger partial charge in [0.1, 0.15) is 5.75 Å². The van der Waals surface area contributed by atoms with E-state index in [2.05, 4.69) is 13.5 Å². The Bertz CT molecular complexity index is 316. The molecule has 1 unspecified atom stereocenters. The first-order chi connectivity index (χ1) is 6.56. The van der Waals surface area contributed by atoms with E-state index in [1.54, 1.807) is 0 Å². The standard InChI is InChI=1S/C13H18O/c1-5-6-9(2)13-10(3)7-12(14)8-11(13)4/h5,7-9,14H,1,6H2,2-4H3. The molecule has 0 fully saturated rings. The van der Waals surface area contributed by atoms with E-state index < -0.39 is 0 Å². The molecule has 1 atom stereocenters. The van der Waals surface area contributed by atoms with Crippen molar-refractivity contribution in [3.63, 3.8) is 0 Å². The Balaban J connectivity index is 3.13. The number of allylic oxidation sites excluding steroid dienone is 1. The highest BCUT2D eigenvalue weighted by Crippen LogP contribution is 2.29. The zero-order chi connectivity index (χ0) is 10.7. The van der Waals surface area contributed by atoms with Gasteiger partial charge in [-0.15, -0.1) is 6.58 Å². The third kappa shape index (κ3) is 2.16. The van der Waals surface area contributed by atoms with E-state index in [1.165, 1.54) is 5.56 Å². The Morgan fingerprint density at radius 3 is 2.29 bits per heavy atom. The molecule has 0 bridgehead atoms. The molecule has 1 N–H and O–H groups in total. The number of rotatable bonds is 3. The lowest BCUT2D eigenvalue weighted by Gasteiger charge is -2.16. The highest BCUT2D eigenvalue weighted by atomic mass is 16.3. The molecule has 76 valence electrons. The fourth-order valence-corrected chi connectivity index (χ4v) is 2.10. The number of benzene rings is 1. The van der Waals surface area contributed by atoms with Gasteiger partial charge in [0.25, 0.3) is 0 Å². The summed E-state index contributed by atoms with van der Waals surface area (Å²) < 4.78 is 0. The van der Waals surface area contributed by atoms with Crippen LogP contribution in [0.3, 0.4) is 0 Å². The summed E-state index contributed by atoms with van der Waals surface area (Å²) in [7, 11) is 0. The van der Waals surface area contributed by atoms with Gasteiger partial charge >= 0.3 is 0 Å². The van der Waals surface area contributed by atoms with Gasteiger partial charge in [0, 0.05) is 0 Å². The molecule has 1 rings (SSSR count). The Morgan fingerprint density at radius 2 is 1.86 bits per heavy atom. The summed E-state index contributed by atoms with van der Waals surface area (Å²) in [6.45, 7) is 10.0. The van der Waals surface area contributed by atoms with Crippen molar-refractivity contribution in [3.05, 3.63) is 41.5 Å². The highest BCUT2D eigenvalue weighted by molar-refractivity contribution is 5.42. The molecule has 0 saturated carbocycles. The molecule has 0 aliphatic heterocycles. The van der Waals surface area contributed by atoms with Crippen molar-refractivity contribution >= 4 is 0 Å². The summed E-state index contributed by atoms with van der Waals surface area (Å²) in [5.74, 6) is 0.836. The van der Waals surface area contributed by atoms with Crippen LogP contribution in [0.25, 0.3) is 0 Å². The second-order valence-corrected chi connectivity index (χ2v) is 3.92. The topological polar surface area (TPSA) is 20.2 Å². The molecular formula is C13H18O. The SMILES string of the molecule is C=CCC(C)c1c(C)cc(O)cc1C. The normalized spacial score (nSPS) is 12.5. The predicted octanol–water partition coefficient (Wildman–Crippen LogP) is 3.69. The molecule has 0 saturated heterocycles. The van der Waals surface area contributed by atoms with Crippen LogP contribution in [0.5, 0.6) is 5.75 Å². The monoisotopic (exact) mass is 190 g/mol. The molecule has 0 spiro atoms. The highest BCUT2D eigenvalue weighted by Gasteiger charge is 2.10. The maximum atomic E-state index is 9.41. The van der Waals surface area contributed by atoms with E-state index >= 15 is 0 Å². The molecule has 1 heteroatoms. The van der Waals surface area contributed by atoms with Crippen molar-refractivity contribution in [2.24, 2.45) is 0 Å². The summed E-state index contributed by atoms with van der Waals surface area (Å²) in [5.41, 5.74) is 3.66. The van der Waals surface area contributed by atoms with Gasteiger partial charge in [0.15, 0.2) is 0 Å². The van der Waals surface area contributed by atoms with Crippen molar-refractivity contribution < 1.29 is 5.11 Å². The molecule has 1 nitrogen and oxygen atoms in total. The maximum absolute atomic E-state index is 9.41. The zero-order valence-corrected chi connectivity index (χ0v) is 9.17. The number of hydrogen-bond acceptors (Lipinski definition) is 1. The van der Waals surface area contributed by atoms with Gasteiger partial charge in [0.2, 0.25) is 0 Å². The molecule has 1 aromatic carbocycles. The van der Waals surface area contributed by atoms with Crippen LogP contribution >= 0.6 is 0 Å². The Morgan fingerprint density at radius 1 is 1.36 bits per heavy atom. The molecule has 0 aromatic heterocycles. The second-order valence-electron chi connectivity index (χ2n) is 3.92. The smallest absolute Gasteiger partial charge is 0.116 e. The third-order valence-corrected chi connectivity index (χ3v) is 2.59. The van der Waals surface area contributed by atoms with Gasteiger partial charge in [-0.05, 0) is 55.0 Å². The minimum Gasteiger partial charge on any atom is -0.508 e. The summed E-state index contributed by atoms with van der Waals surface area (Å²) in [4.78, 5) is 0. The molecule has 0 radical (unpaired) electrons. The summed E-state index contributed by atoms with van der Waals surface area (Å²) in [6, 6.07) is 3.64. The largest absolute Gasteiger partial charge is 0.508 e. The van der Waals surface area contributed by atoms with Crippen LogP contribution < -0.4 is 0 Å². The Hall–Kier alpha value is -1.24. The fraction of sp³-hybridized carbons (Fsp3) is 0.385. The molecular weight excluding hydrogens is 172 g/mol. The molecule has 14 heavy (non-hydrogen) atoms. The summed E-state index contributed by atoms with van der Waals surface area (Å²) >= 11 is 0. The first kappa shape index (κ1) is 10.8. The van der Waals surface area contributed by atoms with Gasteiger partial charge in [-0.3, -0.25) is 0 Å². The van der Waals surface area contributed by atoms with E-state index in [0.29, 0.717) is 11.7 Å².